The smallest absolute Gasteiger partial charge is 0.145 e. The molecular weight excluding hydrogens is 421 g/mol. The van der Waals surface area contributed by atoms with Crippen molar-refractivity contribution in [3.8, 4) is 0 Å². The van der Waals surface area contributed by atoms with Gasteiger partial charge in [0, 0.05) is 44.3 Å². The molecule has 0 bridgehead atoms. The number of aliphatic hydroxyl groups is 1. The standard InChI is InChI=1S/C24H29F3N2O3/c1-16(2)14-31-15-21(30)12-29(11-18-5-8-20(26)9-23(18)27)13-22-10-24(28-32-22)17-3-6-19(25)7-4-17/h3-9,16,21-22,30H,10-15H2,1-2H3/t21-,22-/m0/s1. The summed E-state index contributed by atoms with van der Waals surface area (Å²) < 4.78 is 46.2. The molecule has 8 heteroatoms. The number of aliphatic hydroxyl groups excluding tert-OH is 1. The fourth-order valence-corrected chi connectivity index (χ4v) is 3.51. The maximum absolute atomic E-state index is 14.2. The lowest BCUT2D eigenvalue weighted by Gasteiger charge is -2.27. The average molecular weight is 451 g/mol. The summed E-state index contributed by atoms with van der Waals surface area (Å²) in [6.45, 7) is 5.48. The lowest BCUT2D eigenvalue weighted by molar-refractivity contribution is -0.00756. The van der Waals surface area contributed by atoms with E-state index < -0.39 is 17.7 Å². The molecular formula is C24H29F3N2O3. The fourth-order valence-electron chi connectivity index (χ4n) is 3.51. The molecule has 2 aromatic rings. The van der Waals surface area contributed by atoms with Gasteiger partial charge in [0.15, 0.2) is 0 Å². The van der Waals surface area contributed by atoms with Crippen LogP contribution in [0.2, 0.25) is 0 Å². The second kappa shape index (κ2) is 11.4. The van der Waals surface area contributed by atoms with Crippen molar-refractivity contribution in [2.24, 2.45) is 11.1 Å². The Hall–Kier alpha value is -2.42. The van der Waals surface area contributed by atoms with Crippen LogP contribution >= 0.6 is 0 Å². The van der Waals surface area contributed by atoms with Crippen molar-refractivity contribution in [2.75, 3.05) is 26.3 Å². The predicted octanol–water partition coefficient (Wildman–Crippen LogP) is 4.13. The summed E-state index contributed by atoms with van der Waals surface area (Å²) >= 11 is 0. The molecule has 0 spiro atoms. The van der Waals surface area contributed by atoms with Gasteiger partial charge in [0.1, 0.15) is 23.6 Å². The zero-order valence-corrected chi connectivity index (χ0v) is 18.3. The lowest BCUT2D eigenvalue weighted by Crippen LogP contribution is -2.39. The van der Waals surface area contributed by atoms with E-state index >= 15 is 0 Å². The monoisotopic (exact) mass is 450 g/mol. The quantitative estimate of drug-likeness (QED) is 0.559. The van der Waals surface area contributed by atoms with Gasteiger partial charge in [0.25, 0.3) is 0 Å². The molecule has 0 radical (unpaired) electrons. The molecule has 0 amide bonds. The van der Waals surface area contributed by atoms with E-state index in [1.807, 2.05) is 18.7 Å². The first-order chi connectivity index (χ1) is 15.3. The van der Waals surface area contributed by atoms with Crippen LogP contribution in [0.1, 0.15) is 31.4 Å². The van der Waals surface area contributed by atoms with Crippen molar-refractivity contribution in [1.82, 2.24) is 4.90 Å². The number of ether oxygens (including phenoxy) is 1. The van der Waals surface area contributed by atoms with E-state index in [0.29, 0.717) is 36.8 Å². The van der Waals surface area contributed by atoms with E-state index in [0.717, 1.165) is 11.6 Å². The molecule has 2 atom stereocenters. The highest BCUT2D eigenvalue weighted by Gasteiger charge is 2.26. The first-order valence-corrected chi connectivity index (χ1v) is 10.7. The number of rotatable bonds is 11. The van der Waals surface area contributed by atoms with Gasteiger partial charge in [-0.3, -0.25) is 4.90 Å². The van der Waals surface area contributed by atoms with Crippen LogP contribution < -0.4 is 0 Å². The lowest BCUT2D eigenvalue weighted by atomic mass is 10.0. The van der Waals surface area contributed by atoms with Gasteiger partial charge in [-0.25, -0.2) is 13.2 Å². The highest BCUT2D eigenvalue weighted by Crippen LogP contribution is 2.20. The second-order valence-electron chi connectivity index (χ2n) is 8.49. The molecule has 1 N–H and O–H groups in total. The first-order valence-electron chi connectivity index (χ1n) is 10.7. The molecule has 0 aliphatic carbocycles. The Bertz CT molecular complexity index is 906. The van der Waals surface area contributed by atoms with E-state index in [1.54, 1.807) is 12.1 Å². The zero-order chi connectivity index (χ0) is 23.1. The second-order valence-corrected chi connectivity index (χ2v) is 8.49. The van der Waals surface area contributed by atoms with Gasteiger partial charge in [-0.05, 0) is 29.7 Å². The molecule has 32 heavy (non-hydrogen) atoms. The Morgan fingerprint density at radius 3 is 2.50 bits per heavy atom. The molecule has 0 saturated carbocycles. The summed E-state index contributed by atoms with van der Waals surface area (Å²) in [6.07, 6.45) is -0.605. The van der Waals surface area contributed by atoms with Crippen molar-refractivity contribution in [3.05, 3.63) is 71.0 Å². The van der Waals surface area contributed by atoms with Crippen LogP contribution in [0.5, 0.6) is 0 Å². The molecule has 3 rings (SSSR count). The fraction of sp³-hybridized carbons (Fsp3) is 0.458. The van der Waals surface area contributed by atoms with Crippen molar-refractivity contribution >= 4 is 5.71 Å². The molecule has 1 aliphatic rings. The molecule has 174 valence electrons. The van der Waals surface area contributed by atoms with Crippen LogP contribution in [-0.2, 0) is 16.1 Å². The Labute approximate surface area is 186 Å². The largest absolute Gasteiger partial charge is 0.390 e. The molecule has 1 aliphatic heterocycles. The van der Waals surface area contributed by atoms with Gasteiger partial charge < -0.3 is 14.7 Å². The number of halogens is 3. The Morgan fingerprint density at radius 2 is 1.81 bits per heavy atom. The van der Waals surface area contributed by atoms with Crippen LogP contribution in [0, 0.1) is 23.4 Å². The number of oxime groups is 1. The van der Waals surface area contributed by atoms with Crippen LogP contribution in [-0.4, -0.2) is 54.2 Å². The highest BCUT2D eigenvalue weighted by molar-refractivity contribution is 6.01. The van der Waals surface area contributed by atoms with Crippen LogP contribution in [0.4, 0.5) is 13.2 Å². The van der Waals surface area contributed by atoms with Gasteiger partial charge in [-0.2, -0.15) is 0 Å². The van der Waals surface area contributed by atoms with Crippen LogP contribution in [0.15, 0.2) is 47.6 Å². The number of hydrogen-bond acceptors (Lipinski definition) is 5. The topological polar surface area (TPSA) is 54.3 Å². The van der Waals surface area contributed by atoms with Gasteiger partial charge in [0.2, 0.25) is 0 Å². The Balaban J connectivity index is 1.63. The van der Waals surface area contributed by atoms with E-state index in [-0.39, 0.29) is 31.6 Å². The number of nitrogens with zero attached hydrogens (tertiary/aromatic N) is 2. The summed E-state index contributed by atoms with van der Waals surface area (Å²) in [5.41, 5.74) is 1.79. The third-order valence-corrected chi connectivity index (χ3v) is 5.01. The van der Waals surface area contributed by atoms with E-state index in [4.69, 9.17) is 9.57 Å². The minimum atomic E-state index is -0.781. The first kappa shape index (κ1) is 24.2. The van der Waals surface area contributed by atoms with Crippen molar-refractivity contribution in [2.45, 2.75) is 39.0 Å². The van der Waals surface area contributed by atoms with Crippen LogP contribution in [0.3, 0.4) is 0 Å². The Kier molecular flexibility index (Phi) is 8.67. The summed E-state index contributed by atoms with van der Waals surface area (Å²) in [5, 5.41) is 14.5. The van der Waals surface area contributed by atoms with Crippen molar-refractivity contribution < 1.29 is 27.9 Å². The number of benzene rings is 2. The van der Waals surface area contributed by atoms with Gasteiger partial charge >= 0.3 is 0 Å². The summed E-state index contributed by atoms with van der Waals surface area (Å²) in [4.78, 5) is 7.39. The minimum absolute atomic E-state index is 0.156. The highest BCUT2D eigenvalue weighted by atomic mass is 19.1. The molecule has 0 aromatic heterocycles. The predicted molar refractivity (Wildman–Crippen MR) is 116 cm³/mol. The maximum Gasteiger partial charge on any atom is 0.145 e. The maximum atomic E-state index is 14.2. The molecule has 2 aromatic carbocycles. The van der Waals surface area contributed by atoms with Gasteiger partial charge in [0.05, 0.1) is 18.4 Å². The molecule has 1 heterocycles. The third kappa shape index (κ3) is 7.32. The molecule has 0 fully saturated rings. The van der Waals surface area contributed by atoms with E-state index in [9.17, 15) is 18.3 Å². The molecule has 5 nitrogen and oxygen atoms in total. The van der Waals surface area contributed by atoms with Gasteiger partial charge in [-0.15, -0.1) is 0 Å². The molecule has 0 saturated heterocycles. The summed E-state index contributed by atoms with van der Waals surface area (Å²) in [6, 6.07) is 9.46. The van der Waals surface area contributed by atoms with Gasteiger partial charge in [-0.1, -0.05) is 37.2 Å². The summed E-state index contributed by atoms with van der Waals surface area (Å²) in [7, 11) is 0. The van der Waals surface area contributed by atoms with Crippen molar-refractivity contribution in [3.63, 3.8) is 0 Å². The minimum Gasteiger partial charge on any atom is -0.390 e. The molecule has 0 unspecified atom stereocenters. The zero-order valence-electron chi connectivity index (χ0n) is 18.3. The summed E-state index contributed by atoms with van der Waals surface area (Å²) in [5.74, 6) is -1.26. The van der Waals surface area contributed by atoms with Crippen LogP contribution in [0.25, 0.3) is 0 Å². The van der Waals surface area contributed by atoms with E-state index in [2.05, 4.69) is 5.16 Å². The average Bonchev–Trinajstić information content (AvgIpc) is 3.18. The number of hydrogen-bond donors (Lipinski definition) is 1. The van der Waals surface area contributed by atoms with Crippen molar-refractivity contribution in [1.29, 1.82) is 0 Å². The SMILES string of the molecule is CC(C)COC[C@@H](O)CN(Cc1ccc(F)cc1F)C[C@@H]1CC(c2ccc(F)cc2)=NO1. The normalized spacial score (nSPS) is 17.0. The third-order valence-electron chi connectivity index (χ3n) is 5.01. The van der Waals surface area contributed by atoms with E-state index in [1.165, 1.54) is 24.3 Å². The Morgan fingerprint density at radius 1 is 1.09 bits per heavy atom.